The Kier molecular flexibility index (Phi) is 6.07. The van der Waals surface area contributed by atoms with Gasteiger partial charge < -0.3 is 10.2 Å². The summed E-state index contributed by atoms with van der Waals surface area (Å²) in [5.41, 5.74) is 0.388. The van der Waals surface area contributed by atoms with Gasteiger partial charge in [-0.15, -0.1) is 6.58 Å². The van der Waals surface area contributed by atoms with E-state index in [0.717, 1.165) is 0 Å². The van der Waals surface area contributed by atoms with Crippen LogP contribution in [0.4, 0.5) is 0 Å². The summed E-state index contributed by atoms with van der Waals surface area (Å²) in [6.07, 6.45) is 9.80. The van der Waals surface area contributed by atoms with Gasteiger partial charge in [0.2, 0.25) is 0 Å². The Morgan fingerprint density at radius 3 is 2.50 bits per heavy atom. The zero-order valence-electron chi connectivity index (χ0n) is 11.1. The Morgan fingerprint density at radius 2 is 1.94 bits per heavy atom. The van der Waals surface area contributed by atoms with E-state index in [1.165, 1.54) is 58.2 Å². The Hall–Kier alpha value is -0.340. The molecular weight excluding hydrogens is 196 g/mol. The predicted octanol–water partition coefficient (Wildman–Crippen LogP) is 2.81. The summed E-state index contributed by atoms with van der Waals surface area (Å²) in [5, 5.41) is 3.45. The Bertz CT molecular complexity index is 193. The number of nitrogens with zero attached hydrogens (tertiary/aromatic N) is 1. The van der Waals surface area contributed by atoms with Crippen molar-refractivity contribution in [1.82, 2.24) is 10.2 Å². The number of hydrogen-bond acceptors (Lipinski definition) is 2. The monoisotopic (exact) mass is 224 g/mol. The molecule has 1 saturated heterocycles. The lowest BCUT2D eigenvalue weighted by atomic mass is 9.90. The first-order chi connectivity index (χ1) is 7.70. The molecule has 1 rings (SSSR count). The fourth-order valence-electron chi connectivity index (χ4n) is 2.32. The molecule has 0 aliphatic carbocycles. The molecule has 1 fully saturated rings. The largest absolute Gasteiger partial charge is 0.314 e. The number of nitrogens with one attached hydrogen (secondary N) is 1. The molecule has 16 heavy (non-hydrogen) atoms. The highest BCUT2D eigenvalue weighted by Gasteiger charge is 2.27. The van der Waals surface area contributed by atoms with E-state index in [0.29, 0.717) is 5.54 Å². The van der Waals surface area contributed by atoms with Gasteiger partial charge in [0.1, 0.15) is 0 Å². The van der Waals surface area contributed by atoms with Crippen LogP contribution >= 0.6 is 0 Å². The second-order valence-corrected chi connectivity index (χ2v) is 5.29. The van der Waals surface area contributed by atoms with Crippen LogP contribution in [0.2, 0.25) is 0 Å². The third kappa shape index (κ3) is 4.67. The fraction of sp³-hybridized carbons (Fsp3) is 0.857. The van der Waals surface area contributed by atoms with Crippen LogP contribution in [-0.2, 0) is 0 Å². The fourth-order valence-corrected chi connectivity index (χ4v) is 2.32. The summed E-state index contributed by atoms with van der Waals surface area (Å²) in [5.74, 6) is 0. The number of allylic oxidation sites excluding steroid dienone is 1. The highest BCUT2D eigenvalue weighted by atomic mass is 15.1. The molecule has 0 atom stereocenters. The minimum absolute atomic E-state index is 0.388. The smallest absolute Gasteiger partial charge is 0.0174 e. The third-order valence-corrected chi connectivity index (χ3v) is 3.95. The number of unbranched alkanes of at least 4 members (excludes halogenated alkanes) is 3. The quantitative estimate of drug-likeness (QED) is 0.528. The molecule has 0 spiro atoms. The van der Waals surface area contributed by atoms with Crippen LogP contribution in [-0.4, -0.2) is 37.1 Å². The van der Waals surface area contributed by atoms with E-state index in [-0.39, 0.29) is 0 Å². The van der Waals surface area contributed by atoms with Gasteiger partial charge in [-0.1, -0.05) is 12.5 Å². The number of piperidine rings is 1. The van der Waals surface area contributed by atoms with E-state index < -0.39 is 0 Å². The molecular formula is C14H28N2. The van der Waals surface area contributed by atoms with Crippen LogP contribution in [0.5, 0.6) is 0 Å². The van der Waals surface area contributed by atoms with Gasteiger partial charge in [0.05, 0.1) is 0 Å². The number of hydrogen-bond donors (Lipinski definition) is 1. The lowest BCUT2D eigenvalue weighted by molar-refractivity contribution is 0.150. The zero-order chi connectivity index (χ0) is 11.9. The Balaban J connectivity index is 2.06. The van der Waals surface area contributed by atoms with Crippen molar-refractivity contribution in [2.24, 2.45) is 0 Å². The summed E-state index contributed by atoms with van der Waals surface area (Å²) in [7, 11) is 2.09. The molecule has 0 bridgehead atoms. The van der Waals surface area contributed by atoms with Gasteiger partial charge in [-0.05, 0) is 65.7 Å². The predicted molar refractivity (Wildman–Crippen MR) is 71.8 cm³/mol. The van der Waals surface area contributed by atoms with Crippen LogP contribution in [0.25, 0.3) is 0 Å². The van der Waals surface area contributed by atoms with Crippen LogP contribution in [0.15, 0.2) is 12.7 Å². The van der Waals surface area contributed by atoms with Gasteiger partial charge in [0.25, 0.3) is 0 Å². The molecule has 0 aromatic carbocycles. The van der Waals surface area contributed by atoms with Crippen molar-refractivity contribution in [1.29, 1.82) is 0 Å². The Morgan fingerprint density at radius 1 is 1.25 bits per heavy atom. The van der Waals surface area contributed by atoms with Crippen molar-refractivity contribution >= 4 is 0 Å². The lowest BCUT2D eigenvalue weighted by Gasteiger charge is -2.39. The van der Waals surface area contributed by atoms with E-state index in [1.54, 1.807) is 0 Å². The van der Waals surface area contributed by atoms with Gasteiger partial charge in [-0.3, -0.25) is 0 Å². The SMILES string of the molecule is C=CCCCCCN1CCC(C)(NC)CC1. The van der Waals surface area contributed by atoms with Crippen LogP contribution in [0.3, 0.4) is 0 Å². The summed E-state index contributed by atoms with van der Waals surface area (Å²) in [6.45, 7) is 9.91. The van der Waals surface area contributed by atoms with E-state index in [4.69, 9.17) is 0 Å². The first-order valence-corrected chi connectivity index (χ1v) is 6.72. The van der Waals surface area contributed by atoms with Gasteiger partial charge in [-0.2, -0.15) is 0 Å². The first kappa shape index (κ1) is 13.7. The Labute approximate surface area is 101 Å². The number of likely N-dealkylation sites (tertiary alicyclic amines) is 1. The molecule has 1 heterocycles. The van der Waals surface area contributed by atoms with Crippen molar-refractivity contribution < 1.29 is 0 Å². The van der Waals surface area contributed by atoms with E-state index >= 15 is 0 Å². The minimum atomic E-state index is 0.388. The standard InChI is InChI=1S/C14H28N2/c1-4-5-6-7-8-11-16-12-9-14(2,15-3)10-13-16/h4,15H,1,5-13H2,2-3H3. The van der Waals surface area contributed by atoms with Gasteiger partial charge in [0, 0.05) is 5.54 Å². The van der Waals surface area contributed by atoms with Crippen molar-refractivity contribution in [2.75, 3.05) is 26.7 Å². The van der Waals surface area contributed by atoms with Crippen molar-refractivity contribution in [2.45, 2.75) is 51.0 Å². The maximum absolute atomic E-state index is 3.76. The maximum Gasteiger partial charge on any atom is 0.0174 e. The topological polar surface area (TPSA) is 15.3 Å². The highest BCUT2D eigenvalue weighted by Crippen LogP contribution is 2.21. The van der Waals surface area contributed by atoms with Gasteiger partial charge in [-0.25, -0.2) is 0 Å². The molecule has 1 aliphatic rings. The molecule has 0 aromatic heterocycles. The molecule has 0 saturated carbocycles. The average Bonchev–Trinajstić information content (AvgIpc) is 2.31. The van der Waals surface area contributed by atoms with Crippen LogP contribution in [0, 0.1) is 0 Å². The lowest BCUT2D eigenvalue weighted by Crippen LogP contribution is -2.50. The van der Waals surface area contributed by atoms with E-state index in [2.05, 4.69) is 30.8 Å². The molecule has 0 unspecified atom stereocenters. The van der Waals surface area contributed by atoms with Crippen molar-refractivity contribution in [3.63, 3.8) is 0 Å². The highest BCUT2D eigenvalue weighted by molar-refractivity contribution is 4.87. The molecule has 1 aliphatic heterocycles. The van der Waals surface area contributed by atoms with Gasteiger partial charge >= 0.3 is 0 Å². The first-order valence-electron chi connectivity index (χ1n) is 6.72. The van der Waals surface area contributed by atoms with Crippen molar-refractivity contribution in [3.05, 3.63) is 12.7 Å². The summed E-state index contributed by atoms with van der Waals surface area (Å²) in [6, 6.07) is 0. The minimum Gasteiger partial charge on any atom is -0.314 e. The van der Waals surface area contributed by atoms with Crippen LogP contribution < -0.4 is 5.32 Å². The van der Waals surface area contributed by atoms with Crippen LogP contribution in [0.1, 0.15) is 45.4 Å². The number of rotatable bonds is 7. The summed E-state index contributed by atoms with van der Waals surface area (Å²) >= 11 is 0. The second-order valence-electron chi connectivity index (χ2n) is 5.29. The van der Waals surface area contributed by atoms with Gasteiger partial charge in [0.15, 0.2) is 0 Å². The average molecular weight is 224 g/mol. The molecule has 94 valence electrons. The molecule has 0 radical (unpaired) electrons. The molecule has 0 aromatic rings. The summed E-state index contributed by atoms with van der Waals surface area (Å²) < 4.78 is 0. The van der Waals surface area contributed by atoms with Crippen molar-refractivity contribution in [3.8, 4) is 0 Å². The zero-order valence-corrected chi connectivity index (χ0v) is 11.1. The van der Waals surface area contributed by atoms with E-state index in [1.807, 2.05) is 6.08 Å². The molecule has 1 N–H and O–H groups in total. The molecule has 0 amide bonds. The normalized spacial score (nSPS) is 20.9. The third-order valence-electron chi connectivity index (χ3n) is 3.95. The maximum atomic E-state index is 3.76. The van der Waals surface area contributed by atoms with E-state index in [9.17, 15) is 0 Å². The molecule has 2 nitrogen and oxygen atoms in total. The molecule has 2 heteroatoms. The second kappa shape index (κ2) is 7.08. The summed E-state index contributed by atoms with van der Waals surface area (Å²) in [4.78, 5) is 2.62.